The Kier molecular flexibility index (Phi) is 8.39. The van der Waals surface area contributed by atoms with E-state index in [1.54, 1.807) is 13.3 Å². The summed E-state index contributed by atoms with van der Waals surface area (Å²) >= 11 is 5.57. The van der Waals surface area contributed by atoms with Gasteiger partial charge in [-0.15, -0.1) is 6.58 Å². The third-order valence-electron chi connectivity index (χ3n) is 8.24. The van der Waals surface area contributed by atoms with Gasteiger partial charge in [-0.3, -0.25) is 9.88 Å². The smallest absolute Gasteiger partial charge is 0.416 e. The molecular weight excluding hydrogens is 578 g/mol. The molecule has 5 atom stereocenters. The summed E-state index contributed by atoms with van der Waals surface area (Å²) < 4.78 is 85.6. The third-order valence-corrected chi connectivity index (χ3v) is 8.51. The van der Waals surface area contributed by atoms with Crippen molar-refractivity contribution in [2.45, 2.75) is 43.8 Å². The third kappa shape index (κ3) is 6.34. The van der Waals surface area contributed by atoms with Gasteiger partial charge in [0.15, 0.2) is 5.11 Å². The molecule has 2 aromatic carbocycles. The molecule has 3 aromatic rings. The van der Waals surface area contributed by atoms with Gasteiger partial charge in [-0.2, -0.15) is 26.3 Å². The highest BCUT2D eigenvalue weighted by Crippen LogP contribution is 2.42. The van der Waals surface area contributed by atoms with Crippen molar-refractivity contribution in [3.63, 3.8) is 0 Å². The number of rotatable bonds is 7. The molecule has 42 heavy (non-hydrogen) atoms. The van der Waals surface area contributed by atoms with Crippen LogP contribution in [0.2, 0.25) is 0 Å². The number of aromatic nitrogens is 1. The molecule has 224 valence electrons. The largest absolute Gasteiger partial charge is 0.497 e. The molecule has 0 spiro atoms. The lowest BCUT2D eigenvalue weighted by Crippen LogP contribution is -2.58. The SMILES string of the molecule is C=CC1CN2CCC1CC2[C@@H](NC(=S)NCc1cc(C(F)(F)F)cc(C(F)(F)F)c1)c1ccnc2ccc(OC)cc12. The maximum absolute atomic E-state index is 13.4. The van der Waals surface area contributed by atoms with Crippen LogP contribution in [0.15, 0.2) is 61.3 Å². The molecular formula is C30H30F6N4OS. The lowest BCUT2D eigenvalue weighted by Gasteiger charge is -2.52. The zero-order chi connectivity index (χ0) is 30.2. The Labute approximate surface area is 244 Å². The number of alkyl halides is 6. The van der Waals surface area contributed by atoms with Crippen molar-refractivity contribution >= 4 is 28.2 Å². The minimum Gasteiger partial charge on any atom is -0.497 e. The number of benzene rings is 2. The van der Waals surface area contributed by atoms with Gasteiger partial charge in [0.05, 0.1) is 29.8 Å². The van der Waals surface area contributed by atoms with E-state index in [4.69, 9.17) is 17.0 Å². The molecule has 12 heteroatoms. The lowest BCUT2D eigenvalue weighted by molar-refractivity contribution is -0.143. The number of pyridine rings is 1. The molecule has 3 aliphatic heterocycles. The fraction of sp³-hybridized carbons (Fsp3) is 0.400. The van der Waals surface area contributed by atoms with Crippen LogP contribution in [0, 0.1) is 11.8 Å². The Morgan fingerprint density at radius 3 is 2.43 bits per heavy atom. The zero-order valence-corrected chi connectivity index (χ0v) is 23.5. The number of thiocarbonyl (C=S) groups is 1. The van der Waals surface area contributed by atoms with E-state index in [1.165, 1.54) is 0 Å². The molecule has 3 saturated heterocycles. The maximum atomic E-state index is 13.4. The molecule has 2 N–H and O–H groups in total. The highest BCUT2D eigenvalue weighted by molar-refractivity contribution is 7.80. The molecule has 3 aliphatic rings. The van der Waals surface area contributed by atoms with Crippen molar-refractivity contribution in [1.29, 1.82) is 0 Å². The van der Waals surface area contributed by atoms with E-state index in [2.05, 4.69) is 27.1 Å². The fourth-order valence-electron chi connectivity index (χ4n) is 6.15. The number of nitrogens with one attached hydrogen (secondary N) is 2. The maximum Gasteiger partial charge on any atom is 0.416 e. The first kappa shape index (κ1) is 30.1. The molecule has 4 heterocycles. The Morgan fingerprint density at radius 2 is 1.83 bits per heavy atom. The molecule has 0 aliphatic carbocycles. The van der Waals surface area contributed by atoms with E-state index in [1.807, 2.05) is 30.3 Å². The normalized spacial score (nSPS) is 22.9. The second kappa shape index (κ2) is 11.7. The summed E-state index contributed by atoms with van der Waals surface area (Å²) in [6.45, 7) is 5.41. The molecule has 6 rings (SSSR count). The summed E-state index contributed by atoms with van der Waals surface area (Å²) in [6, 6.07) is 8.67. The minimum atomic E-state index is -4.93. The van der Waals surface area contributed by atoms with Crippen LogP contribution in [0.3, 0.4) is 0 Å². The average Bonchev–Trinajstić information content (AvgIpc) is 2.97. The van der Waals surface area contributed by atoms with Crippen molar-refractivity contribution < 1.29 is 31.1 Å². The number of ether oxygens (including phenoxy) is 1. The van der Waals surface area contributed by atoms with Gasteiger partial charge in [0, 0.05) is 30.7 Å². The summed E-state index contributed by atoms with van der Waals surface area (Å²) in [5, 5.41) is 7.16. The van der Waals surface area contributed by atoms with E-state index < -0.39 is 23.5 Å². The Balaban J connectivity index is 1.44. The number of halogens is 6. The van der Waals surface area contributed by atoms with Crippen molar-refractivity contribution in [1.82, 2.24) is 20.5 Å². The van der Waals surface area contributed by atoms with E-state index in [0.29, 0.717) is 29.7 Å². The first-order valence-electron chi connectivity index (χ1n) is 13.5. The Bertz CT molecular complexity index is 1440. The highest BCUT2D eigenvalue weighted by atomic mass is 32.1. The number of methoxy groups -OCH3 is 1. The predicted octanol–water partition coefficient (Wildman–Crippen LogP) is 6.88. The van der Waals surface area contributed by atoms with Gasteiger partial charge < -0.3 is 15.4 Å². The molecule has 3 fully saturated rings. The molecule has 0 radical (unpaired) electrons. The monoisotopic (exact) mass is 608 g/mol. The zero-order valence-electron chi connectivity index (χ0n) is 22.7. The van der Waals surface area contributed by atoms with E-state index in [-0.39, 0.29) is 35.4 Å². The molecule has 0 saturated carbocycles. The summed E-state index contributed by atoms with van der Waals surface area (Å²) in [4.78, 5) is 6.88. The van der Waals surface area contributed by atoms with Gasteiger partial charge in [0.2, 0.25) is 0 Å². The lowest BCUT2D eigenvalue weighted by atomic mass is 9.73. The number of hydrogen-bond acceptors (Lipinski definition) is 4. The van der Waals surface area contributed by atoms with Crippen molar-refractivity contribution in [3.05, 3.63) is 83.6 Å². The van der Waals surface area contributed by atoms with Gasteiger partial charge in [-0.05, 0) is 97.0 Å². The molecule has 1 aromatic heterocycles. The van der Waals surface area contributed by atoms with Crippen LogP contribution < -0.4 is 15.4 Å². The quantitative estimate of drug-likeness (QED) is 0.173. The van der Waals surface area contributed by atoms with Crippen LogP contribution in [-0.2, 0) is 18.9 Å². The first-order chi connectivity index (χ1) is 19.9. The van der Waals surface area contributed by atoms with Crippen LogP contribution in [0.5, 0.6) is 5.75 Å². The second-order valence-corrected chi connectivity index (χ2v) is 11.2. The number of nitrogens with zero attached hydrogens (tertiary/aromatic N) is 2. The summed E-state index contributed by atoms with van der Waals surface area (Å²) in [6.07, 6.45) is -4.24. The second-order valence-electron chi connectivity index (χ2n) is 10.7. The van der Waals surface area contributed by atoms with Gasteiger partial charge >= 0.3 is 12.4 Å². The van der Waals surface area contributed by atoms with Crippen LogP contribution in [-0.4, -0.2) is 41.2 Å². The molecule has 5 nitrogen and oxygen atoms in total. The van der Waals surface area contributed by atoms with E-state index in [9.17, 15) is 26.3 Å². The van der Waals surface area contributed by atoms with Gasteiger partial charge in [-0.25, -0.2) is 0 Å². The van der Waals surface area contributed by atoms with Gasteiger partial charge in [0.25, 0.3) is 0 Å². The summed E-state index contributed by atoms with van der Waals surface area (Å²) in [7, 11) is 1.57. The Morgan fingerprint density at radius 1 is 1.12 bits per heavy atom. The predicted molar refractivity (Wildman–Crippen MR) is 152 cm³/mol. The topological polar surface area (TPSA) is 49.4 Å². The van der Waals surface area contributed by atoms with Crippen molar-refractivity contribution in [3.8, 4) is 5.75 Å². The van der Waals surface area contributed by atoms with Gasteiger partial charge in [0.1, 0.15) is 5.75 Å². The van der Waals surface area contributed by atoms with E-state index >= 15 is 0 Å². The van der Waals surface area contributed by atoms with Crippen LogP contribution in [0.4, 0.5) is 26.3 Å². The van der Waals surface area contributed by atoms with Crippen LogP contribution >= 0.6 is 12.2 Å². The summed E-state index contributed by atoms with van der Waals surface area (Å²) in [5.74, 6) is 1.47. The highest BCUT2D eigenvalue weighted by Gasteiger charge is 2.43. The van der Waals surface area contributed by atoms with Crippen LogP contribution in [0.25, 0.3) is 10.9 Å². The van der Waals surface area contributed by atoms with Crippen LogP contribution in [0.1, 0.15) is 41.1 Å². The van der Waals surface area contributed by atoms with Crippen molar-refractivity contribution in [2.24, 2.45) is 11.8 Å². The molecule has 4 unspecified atom stereocenters. The first-order valence-corrected chi connectivity index (χ1v) is 13.9. The van der Waals surface area contributed by atoms with Gasteiger partial charge in [-0.1, -0.05) is 6.08 Å². The Hall–Kier alpha value is -3.38. The standard InChI is InChI=1S/C30H30F6N4OS/c1-3-18-16-40-9-7-19(18)12-26(40)27(23-6-8-37-25-5-4-22(41-2)14-24(23)25)39-28(42)38-15-17-10-20(29(31,32)33)13-21(11-17)30(34,35)36/h3-6,8,10-11,13-14,18-19,26-27H,1,7,9,12,15-16H2,2H3,(H2,38,39,42)/t18?,19?,26?,27-/m0/s1. The number of piperidine rings is 3. The number of hydrogen-bond donors (Lipinski definition) is 2. The van der Waals surface area contributed by atoms with E-state index in [0.717, 1.165) is 42.4 Å². The fourth-order valence-corrected chi connectivity index (χ4v) is 6.34. The molecule has 0 amide bonds. The van der Waals surface area contributed by atoms with Crippen molar-refractivity contribution in [2.75, 3.05) is 20.2 Å². The molecule has 2 bridgehead atoms. The minimum absolute atomic E-state index is 0.0295. The summed E-state index contributed by atoms with van der Waals surface area (Å²) in [5.41, 5.74) is -1.26. The average molecular weight is 609 g/mol. The number of fused-ring (bicyclic) bond motifs is 4.